The van der Waals surface area contributed by atoms with Gasteiger partial charge in [0.05, 0.1) is 5.60 Å². The lowest BCUT2D eigenvalue weighted by Crippen LogP contribution is -2.43. The minimum Gasteiger partial charge on any atom is -0.399 e. The van der Waals surface area contributed by atoms with Crippen molar-refractivity contribution in [2.24, 2.45) is 5.92 Å². The van der Waals surface area contributed by atoms with Crippen molar-refractivity contribution in [2.75, 3.05) is 12.3 Å². The second-order valence-corrected chi connectivity index (χ2v) is 7.34. The molecule has 3 nitrogen and oxygen atoms in total. The summed E-state index contributed by atoms with van der Waals surface area (Å²) in [5.41, 5.74) is 7.18. The topological polar surface area (TPSA) is 52.3 Å². The van der Waals surface area contributed by atoms with Crippen molar-refractivity contribution >= 4 is 27.4 Å². The summed E-state index contributed by atoms with van der Waals surface area (Å²) in [6.07, 6.45) is 7.67. The zero-order valence-corrected chi connectivity index (χ0v) is 13.8. The molecule has 1 aromatic rings. The molecule has 0 bridgehead atoms. The highest BCUT2D eigenvalue weighted by atomic mass is 79.9. The van der Waals surface area contributed by atoms with Crippen LogP contribution in [0.1, 0.15) is 55.3 Å². The number of nitrogens with two attached hydrogens (primary N) is 1. The van der Waals surface area contributed by atoms with Gasteiger partial charge in [0.1, 0.15) is 0 Å². The molecular formula is C17H22BrNO2. The first-order valence-corrected chi connectivity index (χ1v) is 8.62. The summed E-state index contributed by atoms with van der Waals surface area (Å²) in [6, 6.07) is 5.49. The summed E-state index contributed by atoms with van der Waals surface area (Å²) >= 11 is 3.42. The molecule has 1 saturated heterocycles. The van der Waals surface area contributed by atoms with Crippen LogP contribution in [-0.2, 0) is 4.74 Å². The molecule has 1 aliphatic carbocycles. The van der Waals surface area contributed by atoms with E-state index in [1.165, 1.54) is 19.3 Å². The van der Waals surface area contributed by atoms with Gasteiger partial charge in [0.15, 0.2) is 5.78 Å². The Balaban J connectivity index is 1.77. The van der Waals surface area contributed by atoms with E-state index in [1.807, 2.05) is 12.1 Å². The maximum Gasteiger partial charge on any atom is 0.166 e. The highest BCUT2D eigenvalue weighted by Gasteiger charge is 2.40. The predicted molar refractivity (Wildman–Crippen MR) is 87.4 cm³/mol. The number of anilines is 1. The third-order valence-corrected chi connectivity index (χ3v) is 5.29. The number of benzene rings is 1. The van der Waals surface area contributed by atoms with E-state index in [1.54, 1.807) is 6.07 Å². The lowest BCUT2D eigenvalue weighted by molar-refractivity contribution is -0.111. The van der Waals surface area contributed by atoms with Crippen molar-refractivity contribution in [1.29, 1.82) is 0 Å². The highest BCUT2D eigenvalue weighted by molar-refractivity contribution is 9.10. The van der Waals surface area contributed by atoms with Gasteiger partial charge < -0.3 is 10.5 Å². The van der Waals surface area contributed by atoms with Crippen molar-refractivity contribution in [2.45, 2.75) is 50.5 Å². The van der Waals surface area contributed by atoms with Crippen LogP contribution in [0.25, 0.3) is 0 Å². The van der Waals surface area contributed by atoms with E-state index < -0.39 is 0 Å². The molecule has 1 aliphatic heterocycles. The van der Waals surface area contributed by atoms with Crippen molar-refractivity contribution in [3.63, 3.8) is 0 Å². The standard InChI is InChI=1S/C17H22BrNO2/c18-14-8-13(9-15(19)10-14)16(20)12-4-7-21-17(11-12)5-2-1-3-6-17/h8-10,12H,1-7,11,19H2. The number of halogens is 1. The average Bonchev–Trinajstić information content (AvgIpc) is 2.46. The van der Waals surface area contributed by atoms with Gasteiger partial charge in [-0.1, -0.05) is 35.2 Å². The molecule has 2 fully saturated rings. The Hall–Kier alpha value is -0.870. The van der Waals surface area contributed by atoms with Gasteiger partial charge in [-0.15, -0.1) is 0 Å². The van der Waals surface area contributed by atoms with E-state index in [2.05, 4.69) is 15.9 Å². The van der Waals surface area contributed by atoms with Crippen molar-refractivity contribution < 1.29 is 9.53 Å². The first-order chi connectivity index (χ1) is 10.1. The fraction of sp³-hybridized carbons (Fsp3) is 0.588. The number of hydrogen-bond acceptors (Lipinski definition) is 3. The molecule has 1 aromatic carbocycles. The Morgan fingerprint density at radius 3 is 2.71 bits per heavy atom. The van der Waals surface area contributed by atoms with Crippen LogP contribution in [0.2, 0.25) is 0 Å². The molecule has 0 radical (unpaired) electrons. The number of ether oxygens (including phenoxy) is 1. The molecule has 1 saturated carbocycles. The van der Waals surface area contributed by atoms with Gasteiger partial charge in [-0.2, -0.15) is 0 Å². The van der Waals surface area contributed by atoms with Crippen molar-refractivity contribution in [3.05, 3.63) is 28.2 Å². The monoisotopic (exact) mass is 351 g/mol. The summed E-state index contributed by atoms with van der Waals surface area (Å²) in [6.45, 7) is 0.708. The molecule has 114 valence electrons. The lowest BCUT2D eigenvalue weighted by atomic mass is 9.74. The fourth-order valence-electron chi connectivity index (χ4n) is 3.79. The molecular weight excluding hydrogens is 330 g/mol. The van der Waals surface area contributed by atoms with Crippen LogP contribution in [0.3, 0.4) is 0 Å². The molecule has 21 heavy (non-hydrogen) atoms. The normalized spacial score (nSPS) is 24.9. The maximum atomic E-state index is 12.8. The number of ketones is 1. The highest BCUT2D eigenvalue weighted by Crippen LogP contribution is 2.41. The van der Waals surface area contributed by atoms with Gasteiger partial charge in [0, 0.05) is 28.2 Å². The molecule has 1 heterocycles. The Kier molecular flexibility index (Phi) is 4.36. The summed E-state index contributed by atoms with van der Waals surface area (Å²) < 4.78 is 6.95. The molecule has 4 heteroatoms. The van der Waals surface area contributed by atoms with Gasteiger partial charge >= 0.3 is 0 Å². The SMILES string of the molecule is Nc1cc(Br)cc(C(=O)C2CCOC3(CCCCC3)C2)c1. The van der Waals surface area contributed by atoms with Crippen LogP contribution in [0.15, 0.2) is 22.7 Å². The number of hydrogen-bond donors (Lipinski definition) is 1. The minimum atomic E-state index is -0.0333. The molecule has 3 rings (SSSR count). The first-order valence-electron chi connectivity index (χ1n) is 7.82. The van der Waals surface area contributed by atoms with E-state index in [9.17, 15) is 4.79 Å². The van der Waals surface area contributed by atoms with E-state index in [4.69, 9.17) is 10.5 Å². The summed E-state index contributed by atoms with van der Waals surface area (Å²) in [5.74, 6) is 0.293. The second-order valence-electron chi connectivity index (χ2n) is 6.42. The van der Waals surface area contributed by atoms with Crippen LogP contribution in [0.4, 0.5) is 5.69 Å². The summed E-state index contributed by atoms with van der Waals surface area (Å²) in [5, 5.41) is 0. The number of nitrogen functional groups attached to an aromatic ring is 1. The largest absolute Gasteiger partial charge is 0.399 e. The fourth-order valence-corrected chi connectivity index (χ4v) is 4.30. The molecule has 1 spiro atoms. The number of rotatable bonds is 2. The zero-order chi connectivity index (χ0) is 14.9. The molecule has 1 unspecified atom stereocenters. The number of Topliss-reactive ketones (excluding diaryl/α,β-unsaturated/α-hetero) is 1. The minimum absolute atomic E-state index is 0.0333. The summed E-state index contributed by atoms with van der Waals surface area (Å²) in [4.78, 5) is 12.8. The zero-order valence-electron chi connectivity index (χ0n) is 12.2. The third-order valence-electron chi connectivity index (χ3n) is 4.83. The quantitative estimate of drug-likeness (QED) is 0.636. The third kappa shape index (κ3) is 3.32. The van der Waals surface area contributed by atoms with Gasteiger partial charge in [-0.3, -0.25) is 4.79 Å². The van der Waals surface area contributed by atoms with Crippen LogP contribution in [0, 0.1) is 5.92 Å². The smallest absolute Gasteiger partial charge is 0.166 e. The average molecular weight is 352 g/mol. The van der Waals surface area contributed by atoms with E-state index in [0.29, 0.717) is 12.3 Å². The van der Waals surface area contributed by atoms with Gasteiger partial charge in [0.2, 0.25) is 0 Å². The Morgan fingerprint density at radius 2 is 2.00 bits per heavy atom. The van der Waals surface area contributed by atoms with Crippen LogP contribution >= 0.6 is 15.9 Å². The van der Waals surface area contributed by atoms with Crippen LogP contribution in [-0.4, -0.2) is 18.0 Å². The molecule has 1 atom stereocenters. The van der Waals surface area contributed by atoms with Crippen molar-refractivity contribution in [3.8, 4) is 0 Å². The van der Waals surface area contributed by atoms with Crippen molar-refractivity contribution in [1.82, 2.24) is 0 Å². The number of carbonyl (C=O) groups excluding carboxylic acids is 1. The molecule has 2 N–H and O–H groups in total. The van der Waals surface area contributed by atoms with E-state index >= 15 is 0 Å². The molecule has 0 aromatic heterocycles. The van der Waals surface area contributed by atoms with E-state index in [0.717, 1.165) is 35.7 Å². The van der Waals surface area contributed by atoms with Gasteiger partial charge in [-0.25, -0.2) is 0 Å². The second kappa shape index (κ2) is 6.09. The predicted octanol–water partition coefficient (Wildman–Crippen LogP) is 4.34. The molecule has 2 aliphatic rings. The van der Waals surface area contributed by atoms with E-state index in [-0.39, 0.29) is 17.3 Å². The van der Waals surface area contributed by atoms with Crippen LogP contribution in [0.5, 0.6) is 0 Å². The Bertz CT molecular complexity index is 512. The summed E-state index contributed by atoms with van der Waals surface area (Å²) in [7, 11) is 0. The first kappa shape index (κ1) is 15.0. The maximum absolute atomic E-state index is 12.8. The Labute approximate surface area is 134 Å². The molecule has 0 amide bonds. The van der Waals surface area contributed by atoms with Gasteiger partial charge in [0.25, 0.3) is 0 Å². The number of carbonyl (C=O) groups is 1. The van der Waals surface area contributed by atoms with Crippen LogP contribution < -0.4 is 5.73 Å². The Morgan fingerprint density at radius 1 is 1.24 bits per heavy atom. The van der Waals surface area contributed by atoms with Gasteiger partial charge in [-0.05, 0) is 43.9 Å². The lowest BCUT2D eigenvalue weighted by Gasteiger charge is -2.43.